The molecule has 0 aliphatic carbocycles. The highest BCUT2D eigenvalue weighted by atomic mass is 16.1. The number of carbonyl (C=O) groups is 1. The fourth-order valence-electron chi connectivity index (χ4n) is 6.15. The molecule has 210 valence electrons. The number of benzene rings is 4. The van der Waals surface area contributed by atoms with E-state index in [-0.39, 0.29) is 23.7 Å². The number of Topliss-reactive ketones (excluding diaryl/α,β-unsaturated/α-hetero) is 1. The molecule has 42 heavy (non-hydrogen) atoms. The molecule has 0 amide bonds. The predicted octanol–water partition coefficient (Wildman–Crippen LogP) is 6.90. The van der Waals surface area contributed by atoms with Gasteiger partial charge in [-0.2, -0.15) is 0 Å². The summed E-state index contributed by atoms with van der Waals surface area (Å²) in [4.78, 5) is 16.9. The summed E-state index contributed by atoms with van der Waals surface area (Å²) < 4.78 is 1.90. The summed E-state index contributed by atoms with van der Waals surface area (Å²) in [6.45, 7) is 5.48. The second-order valence-electron chi connectivity index (χ2n) is 11.2. The van der Waals surface area contributed by atoms with Crippen molar-refractivity contribution in [2.75, 3.05) is 0 Å². The molecule has 1 aliphatic heterocycles. The number of ketones is 1. The summed E-state index contributed by atoms with van der Waals surface area (Å²) in [5.74, 6) is 0.847. The van der Waals surface area contributed by atoms with E-state index in [4.69, 9.17) is 0 Å². The molecular formula is C36H35N5O. The van der Waals surface area contributed by atoms with E-state index in [0.717, 1.165) is 28.1 Å². The van der Waals surface area contributed by atoms with Crippen LogP contribution in [0.1, 0.15) is 58.7 Å². The zero-order valence-electron chi connectivity index (χ0n) is 24.0. The maximum atomic E-state index is 14.6. The molecule has 1 aromatic heterocycles. The second kappa shape index (κ2) is 12.5. The van der Waals surface area contributed by atoms with Crippen molar-refractivity contribution in [3.63, 3.8) is 0 Å². The Bertz CT molecular complexity index is 1630. The first-order valence-corrected chi connectivity index (χ1v) is 14.6. The summed E-state index contributed by atoms with van der Waals surface area (Å²) in [6.07, 6.45) is 2.26. The average molecular weight is 554 g/mol. The topological polar surface area (TPSA) is 63.9 Å². The number of aromatic nitrogens is 4. The number of likely N-dealkylation sites (tertiary alicyclic amines) is 1. The number of hydrogen-bond acceptors (Lipinski definition) is 5. The monoisotopic (exact) mass is 553 g/mol. The van der Waals surface area contributed by atoms with Gasteiger partial charge in [-0.3, -0.25) is 9.69 Å². The number of nitrogens with zero attached hydrogens (tertiary/aromatic N) is 5. The molecule has 3 atom stereocenters. The number of carbonyl (C=O) groups excluding carboxylic acids is 1. The number of tetrazole rings is 1. The molecule has 0 spiro atoms. The molecule has 1 saturated heterocycles. The third-order valence-corrected chi connectivity index (χ3v) is 7.87. The van der Waals surface area contributed by atoms with Crippen LogP contribution in [0.25, 0.3) is 0 Å². The van der Waals surface area contributed by atoms with E-state index in [1.165, 1.54) is 0 Å². The van der Waals surface area contributed by atoms with Crippen molar-refractivity contribution in [1.29, 1.82) is 0 Å². The van der Waals surface area contributed by atoms with Crippen LogP contribution < -0.4 is 0 Å². The van der Waals surface area contributed by atoms with Crippen LogP contribution >= 0.6 is 0 Å². The largest absolute Gasteiger partial charge is 0.292 e. The minimum absolute atomic E-state index is 0.0870. The van der Waals surface area contributed by atoms with Crippen molar-refractivity contribution in [3.8, 4) is 0 Å². The molecule has 3 unspecified atom stereocenters. The number of rotatable bonds is 9. The smallest absolute Gasteiger partial charge is 0.184 e. The molecule has 6 nitrogen and oxygen atoms in total. The molecule has 0 bridgehead atoms. The van der Waals surface area contributed by atoms with Crippen LogP contribution in [0.15, 0.2) is 133 Å². The van der Waals surface area contributed by atoms with Gasteiger partial charge >= 0.3 is 0 Å². The summed E-state index contributed by atoms with van der Waals surface area (Å²) in [6, 6.07) is 40.1. The Morgan fingerprint density at radius 1 is 0.762 bits per heavy atom. The zero-order valence-corrected chi connectivity index (χ0v) is 24.0. The molecule has 5 aromatic rings. The van der Waals surface area contributed by atoms with Gasteiger partial charge in [-0.05, 0) is 38.6 Å². The predicted molar refractivity (Wildman–Crippen MR) is 165 cm³/mol. The van der Waals surface area contributed by atoms with Crippen molar-refractivity contribution in [1.82, 2.24) is 25.1 Å². The minimum Gasteiger partial charge on any atom is -0.292 e. The molecular weight excluding hydrogens is 518 g/mol. The highest BCUT2D eigenvalue weighted by Crippen LogP contribution is 2.51. The Kier molecular flexibility index (Phi) is 8.15. The molecule has 0 radical (unpaired) electrons. The molecule has 2 heterocycles. The summed E-state index contributed by atoms with van der Waals surface area (Å²) in [5, 5.41) is 13.3. The van der Waals surface area contributed by atoms with Gasteiger partial charge in [0.15, 0.2) is 11.6 Å². The highest BCUT2D eigenvalue weighted by Gasteiger charge is 2.51. The van der Waals surface area contributed by atoms with E-state index < -0.39 is 6.04 Å². The molecule has 4 aromatic carbocycles. The van der Waals surface area contributed by atoms with Gasteiger partial charge in [0, 0.05) is 18.2 Å². The van der Waals surface area contributed by atoms with E-state index in [9.17, 15) is 4.79 Å². The maximum absolute atomic E-state index is 14.6. The second-order valence-corrected chi connectivity index (χ2v) is 11.2. The van der Waals surface area contributed by atoms with Gasteiger partial charge in [0.25, 0.3) is 0 Å². The van der Waals surface area contributed by atoms with Gasteiger partial charge in [0.1, 0.15) is 0 Å². The van der Waals surface area contributed by atoms with Crippen molar-refractivity contribution in [2.45, 2.75) is 44.9 Å². The Morgan fingerprint density at radius 2 is 1.31 bits per heavy atom. The van der Waals surface area contributed by atoms with Crippen LogP contribution in [0.5, 0.6) is 0 Å². The fraction of sp³-hybridized carbons (Fsp3) is 0.222. The minimum atomic E-state index is -0.480. The fourth-order valence-corrected chi connectivity index (χ4v) is 6.15. The SMILES string of the molecule is CC(C)/C=C1\C(c2nnnn2Cc2ccccc2)C(c2ccccc2)N(Cc2ccccc2)C1C(=O)c1ccccc1. The van der Waals surface area contributed by atoms with Crippen LogP contribution in [0.2, 0.25) is 0 Å². The van der Waals surface area contributed by atoms with Crippen molar-refractivity contribution >= 4 is 5.78 Å². The summed E-state index contributed by atoms with van der Waals surface area (Å²) in [7, 11) is 0. The normalized spacial score (nSPS) is 19.9. The maximum Gasteiger partial charge on any atom is 0.184 e. The molecule has 0 saturated carbocycles. The molecule has 6 rings (SSSR count). The quantitative estimate of drug-likeness (QED) is 0.147. The lowest BCUT2D eigenvalue weighted by molar-refractivity contribution is 0.0840. The van der Waals surface area contributed by atoms with Crippen LogP contribution in [-0.2, 0) is 13.1 Å². The Morgan fingerprint density at radius 3 is 1.90 bits per heavy atom. The standard InChI is InChI=1S/C36H35N5O/c1-26(2)23-31-32(36-37-38-39-41(36)25-28-17-9-4-10-18-28)33(29-19-11-5-12-20-29)40(24-27-15-7-3-8-16-27)34(31)35(42)30-21-13-6-14-22-30/h3-23,26,32-34H,24-25H2,1-2H3/b31-23+. The van der Waals surface area contributed by atoms with E-state index in [1.54, 1.807) is 0 Å². The van der Waals surface area contributed by atoms with Crippen LogP contribution in [0.3, 0.4) is 0 Å². The Balaban J connectivity index is 1.56. The first-order valence-electron chi connectivity index (χ1n) is 14.6. The average Bonchev–Trinajstić information content (AvgIpc) is 3.60. The third kappa shape index (κ3) is 5.71. The Hall–Kier alpha value is -4.68. The first kappa shape index (κ1) is 27.5. The van der Waals surface area contributed by atoms with E-state index >= 15 is 0 Å². The first-order chi connectivity index (χ1) is 20.6. The lowest BCUT2D eigenvalue weighted by Gasteiger charge is -2.31. The van der Waals surface area contributed by atoms with E-state index in [2.05, 4.69) is 101 Å². The van der Waals surface area contributed by atoms with Crippen molar-refractivity contribution in [3.05, 3.63) is 161 Å². The molecule has 0 N–H and O–H groups in total. The summed E-state index contributed by atoms with van der Waals surface area (Å²) >= 11 is 0. The van der Waals surface area contributed by atoms with Gasteiger partial charge in [0.2, 0.25) is 0 Å². The summed E-state index contributed by atoms with van der Waals surface area (Å²) in [5.41, 5.74) is 5.15. The number of allylic oxidation sites excluding steroid dienone is 1. The van der Waals surface area contributed by atoms with Crippen LogP contribution in [0, 0.1) is 5.92 Å². The van der Waals surface area contributed by atoms with Gasteiger partial charge in [-0.15, -0.1) is 5.10 Å². The highest BCUT2D eigenvalue weighted by molar-refractivity contribution is 6.02. The number of hydrogen-bond donors (Lipinski definition) is 0. The van der Waals surface area contributed by atoms with Crippen molar-refractivity contribution < 1.29 is 4.79 Å². The lowest BCUT2D eigenvalue weighted by atomic mass is 9.85. The van der Waals surface area contributed by atoms with Gasteiger partial charge in [0.05, 0.1) is 18.5 Å². The molecule has 1 aliphatic rings. The Labute approximate surface area is 247 Å². The van der Waals surface area contributed by atoms with E-state index in [1.807, 2.05) is 65.3 Å². The van der Waals surface area contributed by atoms with Gasteiger partial charge < -0.3 is 0 Å². The third-order valence-electron chi connectivity index (χ3n) is 7.87. The van der Waals surface area contributed by atoms with Crippen LogP contribution in [-0.4, -0.2) is 36.9 Å². The van der Waals surface area contributed by atoms with Gasteiger partial charge in [-0.1, -0.05) is 141 Å². The van der Waals surface area contributed by atoms with Crippen molar-refractivity contribution in [2.24, 2.45) is 5.92 Å². The van der Waals surface area contributed by atoms with Gasteiger partial charge in [-0.25, -0.2) is 4.68 Å². The zero-order chi connectivity index (χ0) is 28.9. The van der Waals surface area contributed by atoms with Crippen LogP contribution in [0.4, 0.5) is 0 Å². The molecule has 1 fully saturated rings. The lowest BCUT2D eigenvalue weighted by Crippen LogP contribution is -2.38. The van der Waals surface area contributed by atoms with E-state index in [0.29, 0.717) is 18.7 Å². The molecule has 6 heteroatoms.